The van der Waals surface area contributed by atoms with Crippen molar-refractivity contribution in [2.45, 2.75) is 32.2 Å². The second-order valence-corrected chi connectivity index (χ2v) is 8.03. The fourth-order valence-corrected chi connectivity index (χ4v) is 4.00. The molecular weight excluding hydrogens is 392 g/mol. The van der Waals surface area contributed by atoms with Crippen LogP contribution in [0.3, 0.4) is 0 Å². The van der Waals surface area contributed by atoms with Crippen LogP contribution >= 0.6 is 0 Å². The predicted molar refractivity (Wildman–Crippen MR) is 122 cm³/mol. The van der Waals surface area contributed by atoms with Gasteiger partial charge >= 0.3 is 0 Å². The zero-order valence-corrected chi connectivity index (χ0v) is 18.8. The summed E-state index contributed by atoms with van der Waals surface area (Å²) in [6, 6.07) is 15.6. The van der Waals surface area contributed by atoms with Gasteiger partial charge in [0.2, 0.25) is 5.91 Å². The summed E-state index contributed by atoms with van der Waals surface area (Å²) in [6.45, 7) is 5.11. The number of para-hydroxylation sites is 1. The number of rotatable bonds is 10. The lowest BCUT2D eigenvalue weighted by atomic mass is 9.97. The first-order valence-corrected chi connectivity index (χ1v) is 11.0. The molecule has 6 heteroatoms. The van der Waals surface area contributed by atoms with Gasteiger partial charge in [-0.25, -0.2) is 0 Å². The Bertz CT molecular complexity index is 828. The number of hydrogen-bond donors (Lipinski definition) is 1. The van der Waals surface area contributed by atoms with Gasteiger partial charge in [0.15, 0.2) is 11.5 Å². The van der Waals surface area contributed by atoms with Crippen LogP contribution in [0.25, 0.3) is 0 Å². The summed E-state index contributed by atoms with van der Waals surface area (Å²) < 4.78 is 16.6. The maximum absolute atomic E-state index is 12.7. The lowest BCUT2D eigenvalue weighted by Crippen LogP contribution is -2.50. The Morgan fingerprint density at radius 3 is 2.65 bits per heavy atom. The highest BCUT2D eigenvalue weighted by atomic mass is 16.5. The first-order chi connectivity index (χ1) is 15.1. The van der Waals surface area contributed by atoms with E-state index in [0.29, 0.717) is 30.6 Å². The molecule has 6 nitrogen and oxygen atoms in total. The van der Waals surface area contributed by atoms with E-state index >= 15 is 0 Å². The number of benzene rings is 2. The van der Waals surface area contributed by atoms with Gasteiger partial charge in [-0.15, -0.1) is 0 Å². The second-order valence-electron chi connectivity index (χ2n) is 8.03. The van der Waals surface area contributed by atoms with Gasteiger partial charge < -0.3 is 19.5 Å². The number of nitrogens with one attached hydrogen (secondary N) is 1. The largest absolute Gasteiger partial charge is 0.493 e. The average molecular weight is 427 g/mol. The van der Waals surface area contributed by atoms with Gasteiger partial charge in [0.05, 0.1) is 26.9 Å². The predicted octanol–water partition coefficient (Wildman–Crippen LogP) is 3.54. The van der Waals surface area contributed by atoms with E-state index < -0.39 is 0 Å². The number of amides is 1. The molecule has 2 atom stereocenters. The number of hydrogen-bond acceptors (Lipinski definition) is 5. The minimum absolute atomic E-state index is 0.0742. The van der Waals surface area contributed by atoms with Crippen LogP contribution in [0.2, 0.25) is 0 Å². The number of piperidine rings is 1. The molecule has 2 aromatic rings. The minimum atomic E-state index is -0.148. The molecule has 1 saturated heterocycles. The molecular formula is C25H34N2O4. The molecule has 2 unspecified atom stereocenters. The zero-order chi connectivity index (χ0) is 22.1. The highest BCUT2D eigenvalue weighted by Gasteiger charge is 2.27. The SMILES string of the molecule is COc1ccc(CCNC(=O)C(C)N2CCCC(COc3ccccc3)C2)cc1OC. The number of carbonyl (C=O) groups excluding carboxylic acids is 1. The van der Waals surface area contributed by atoms with Crippen molar-refractivity contribution in [2.24, 2.45) is 5.92 Å². The molecule has 31 heavy (non-hydrogen) atoms. The lowest BCUT2D eigenvalue weighted by Gasteiger charge is -2.36. The van der Waals surface area contributed by atoms with Crippen LogP contribution in [0.1, 0.15) is 25.3 Å². The second kappa shape index (κ2) is 11.6. The van der Waals surface area contributed by atoms with E-state index in [1.165, 1.54) is 0 Å². The quantitative estimate of drug-likeness (QED) is 0.630. The molecule has 0 bridgehead atoms. The Kier molecular flexibility index (Phi) is 8.59. The van der Waals surface area contributed by atoms with Crippen LogP contribution in [-0.4, -0.2) is 57.3 Å². The van der Waals surface area contributed by atoms with Crippen LogP contribution in [0.4, 0.5) is 0 Å². The van der Waals surface area contributed by atoms with Crippen LogP contribution in [0.5, 0.6) is 17.2 Å². The van der Waals surface area contributed by atoms with E-state index in [2.05, 4.69) is 10.2 Å². The Hall–Kier alpha value is -2.73. The maximum Gasteiger partial charge on any atom is 0.237 e. The first kappa shape index (κ1) is 22.9. The summed E-state index contributed by atoms with van der Waals surface area (Å²) in [7, 11) is 3.25. The molecule has 0 aromatic heterocycles. The topological polar surface area (TPSA) is 60.0 Å². The molecule has 0 radical (unpaired) electrons. The summed E-state index contributed by atoms with van der Waals surface area (Å²) in [5.41, 5.74) is 1.10. The first-order valence-electron chi connectivity index (χ1n) is 11.0. The summed E-state index contributed by atoms with van der Waals surface area (Å²) in [4.78, 5) is 15.0. The normalized spacial score (nSPS) is 17.6. The number of carbonyl (C=O) groups is 1. The summed E-state index contributed by atoms with van der Waals surface area (Å²) >= 11 is 0. The van der Waals surface area contributed by atoms with Crippen molar-refractivity contribution >= 4 is 5.91 Å². The average Bonchev–Trinajstić information content (AvgIpc) is 2.82. The summed E-state index contributed by atoms with van der Waals surface area (Å²) in [6.07, 6.45) is 2.97. The van der Waals surface area contributed by atoms with E-state index in [1.54, 1.807) is 14.2 Å². The number of ether oxygens (including phenoxy) is 3. The fraction of sp³-hybridized carbons (Fsp3) is 0.480. The van der Waals surface area contributed by atoms with Gasteiger partial charge in [-0.2, -0.15) is 0 Å². The van der Waals surface area contributed by atoms with Gasteiger partial charge in [0, 0.05) is 19.0 Å². The van der Waals surface area contributed by atoms with Crippen molar-refractivity contribution in [3.63, 3.8) is 0 Å². The molecule has 0 aliphatic carbocycles. The molecule has 1 fully saturated rings. The Morgan fingerprint density at radius 1 is 1.13 bits per heavy atom. The smallest absolute Gasteiger partial charge is 0.237 e. The third-order valence-corrected chi connectivity index (χ3v) is 5.87. The van der Waals surface area contributed by atoms with Crippen LogP contribution in [0.15, 0.2) is 48.5 Å². The van der Waals surface area contributed by atoms with Gasteiger partial charge in [-0.05, 0) is 62.6 Å². The number of likely N-dealkylation sites (tertiary alicyclic amines) is 1. The molecule has 0 saturated carbocycles. The van der Waals surface area contributed by atoms with Crippen molar-refractivity contribution < 1.29 is 19.0 Å². The maximum atomic E-state index is 12.7. The van der Waals surface area contributed by atoms with Crippen molar-refractivity contribution in [1.82, 2.24) is 10.2 Å². The van der Waals surface area contributed by atoms with E-state index in [0.717, 1.165) is 43.7 Å². The third kappa shape index (κ3) is 6.62. The molecule has 1 N–H and O–H groups in total. The Morgan fingerprint density at radius 2 is 1.90 bits per heavy atom. The van der Waals surface area contributed by atoms with Gasteiger partial charge in [0.25, 0.3) is 0 Å². The Balaban J connectivity index is 1.43. The monoisotopic (exact) mass is 426 g/mol. The van der Waals surface area contributed by atoms with Crippen molar-refractivity contribution in [3.8, 4) is 17.2 Å². The van der Waals surface area contributed by atoms with Crippen LogP contribution in [-0.2, 0) is 11.2 Å². The lowest BCUT2D eigenvalue weighted by molar-refractivity contribution is -0.126. The minimum Gasteiger partial charge on any atom is -0.493 e. The van der Waals surface area contributed by atoms with E-state index in [1.807, 2.05) is 55.5 Å². The van der Waals surface area contributed by atoms with E-state index in [-0.39, 0.29) is 11.9 Å². The summed E-state index contributed by atoms with van der Waals surface area (Å²) in [5, 5.41) is 3.08. The highest BCUT2D eigenvalue weighted by Crippen LogP contribution is 2.27. The van der Waals surface area contributed by atoms with E-state index in [4.69, 9.17) is 14.2 Å². The van der Waals surface area contributed by atoms with Crippen LogP contribution in [0, 0.1) is 5.92 Å². The van der Waals surface area contributed by atoms with Crippen LogP contribution < -0.4 is 19.5 Å². The van der Waals surface area contributed by atoms with E-state index in [9.17, 15) is 4.79 Å². The molecule has 1 heterocycles. The molecule has 2 aromatic carbocycles. The third-order valence-electron chi connectivity index (χ3n) is 5.87. The molecule has 3 rings (SSSR count). The van der Waals surface area contributed by atoms with Gasteiger partial charge in [-0.1, -0.05) is 24.3 Å². The van der Waals surface area contributed by atoms with Gasteiger partial charge in [-0.3, -0.25) is 9.69 Å². The molecule has 1 aliphatic rings. The number of methoxy groups -OCH3 is 2. The molecule has 0 spiro atoms. The van der Waals surface area contributed by atoms with Gasteiger partial charge in [0.1, 0.15) is 5.75 Å². The van der Waals surface area contributed by atoms with Crippen molar-refractivity contribution in [3.05, 3.63) is 54.1 Å². The molecule has 168 valence electrons. The summed E-state index contributed by atoms with van der Waals surface area (Å²) in [5.74, 6) is 2.83. The Labute approximate surface area is 185 Å². The standard InChI is InChI=1S/C25H34N2O4/c1-19(25(28)26-14-13-20-11-12-23(29-2)24(16-20)30-3)27-15-7-8-21(17-27)18-31-22-9-5-4-6-10-22/h4-6,9-12,16,19,21H,7-8,13-15,17-18H2,1-3H3,(H,26,28). The molecule has 1 aliphatic heterocycles. The molecule has 1 amide bonds. The zero-order valence-electron chi connectivity index (χ0n) is 18.8. The highest BCUT2D eigenvalue weighted by molar-refractivity contribution is 5.81. The fourth-order valence-electron chi connectivity index (χ4n) is 4.00. The van der Waals surface area contributed by atoms with Crippen molar-refractivity contribution in [1.29, 1.82) is 0 Å². The number of nitrogens with zero attached hydrogens (tertiary/aromatic N) is 1. The van der Waals surface area contributed by atoms with Crippen molar-refractivity contribution in [2.75, 3.05) is 40.5 Å².